The summed E-state index contributed by atoms with van der Waals surface area (Å²) >= 11 is 0. The van der Waals surface area contributed by atoms with Crippen molar-refractivity contribution < 1.29 is 0 Å². The third-order valence-corrected chi connectivity index (χ3v) is 7.24. The van der Waals surface area contributed by atoms with E-state index in [1.54, 1.807) is 0 Å². The summed E-state index contributed by atoms with van der Waals surface area (Å²) in [6.07, 6.45) is 13.0. The van der Waals surface area contributed by atoms with E-state index in [0.717, 1.165) is 40.3 Å². The van der Waals surface area contributed by atoms with Gasteiger partial charge in [-0.2, -0.15) is 5.10 Å². The summed E-state index contributed by atoms with van der Waals surface area (Å²) in [5, 5.41) is 12.5. The SMILES string of the molecule is C=C(NC1CCCCC1)c1n[nH]c2ccc(-c3cncc(CN4CCC(C)CC4)c3)cc12. The topological polar surface area (TPSA) is 56.8 Å². The van der Waals surface area contributed by atoms with Gasteiger partial charge in [-0.3, -0.25) is 15.0 Å². The van der Waals surface area contributed by atoms with Gasteiger partial charge in [-0.15, -0.1) is 0 Å². The van der Waals surface area contributed by atoms with Crippen molar-refractivity contribution in [3.05, 3.63) is 54.5 Å². The highest BCUT2D eigenvalue weighted by atomic mass is 15.1. The summed E-state index contributed by atoms with van der Waals surface area (Å²) in [5.41, 5.74) is 6.51. The van der Waals surface area contributed by atoms with Gasteiger partial charge in [-0.25, -0.2) is 0 Å². The van der Waals surface area contributed by atoms with Crippen molar-refractivity contribution >= 4 is 16.6 Å². The van der Waals surface area contributed by atoms with E-state index in [0.29, 0.717) is 6.04 Å². The van der Waals surface area contributed by atoms with Gasteiger partial charge in [0.15, 0.2) is 0 Å². The number of benzene rings is 1. The van der Waals surface area contributed by atoms with Crippen LogP contribution in [0.15, 0.2) is 43.2 Å². The molecule has 1 aromatic carbocycles. The van der Waals surface area contributed by atoms with E-state index >= 15 is 0 Å². The first-order valence-electron chi connectivity index (χ1n) is 12.3. The van der Waals surface area contributed by atoms with E-state index in [2.05, 4.69) is 63.2 Å². The second-order valence-corrected chi connectivity index (χ2v) is 9.83. The molecule has 0 unspecified atom stereocenters. The molecule has 5 rings (SSSR count). The van der Waals surface area contributed by atoms with Gasteiger partial charge in [0.2, 0.25) is 0 Å². The van der Waals surface area contributed by atoms with Gasteiger partial charge < -0.3 is 5.32 Å². The number of piperidine rings is 1. The number of aromatic amines is 1. The second-order valence-electron chi connectivity index (χ2n) is 9.83. The summed E-state index contributed by atoms with van der Waals surface area (Å²) in [6.45, 7) is 10.0. The average Bonchev–Trinajstić information content (AvgIpc) is 3.25. The number of fused-ring (bicyclic) bond motifs is 1. The van der Waals surface area contributed by atoms with E-state index in [9.17, 15) is 0 Å². The van der Waals surface area contributed by atoms with Crippen LogP contribution in [0.1, 0.15) is 63.1 Å². The second kappa shape index (κ2) is 9.45. The predicted molar refractivity (Wildman–Crippen MR) is 132 cm³/mol. The number of pyridine rings is 1. The minimum absolute atomic E-state index is 0.518. The molecule has 0 atom stereocenters. The van der Waals surface area contributed by atoms with E-state index < -0.39 is 0 Å². The molecular weight excluding hydrogens is 394 g/mol. The van der Waals surface area contributed by atoms with Crippen LogP contribution in [0.3, 0.4) is 0 Å². The van der Waals surface area contributed by atoms with Crippen LogP contribution in [0.25, 0.3) is 27.7 Å². The minimum atomic E-state index is 0.518. The highest BCUT2D eigenvalue weighted by molar-refractivity contribution is 5.92. The third kappa shape index (κ3) is 4.73. The molecule has 0 spiro atoms. The Bertz CT molecular complexity index is 1070. The fourth-order valence-electron chi connectivity index (χ4n) is 5.20. The van der Waals surface area contributed by atoms with Gasteiger partial charge in [-0.05, 0) is 74.0 Å². The number of nitrogens with zero attached hydrogens (tertiary/aromatic N) is 3. The summed E-state index contributed by atoms with van der Waals surface area (Å²) in [5.74, 6) is 0.856. The van der Waals surface area contributed by atoms with Crippen LogP contribution in [-0.2, 0) is 6.54 Å². The summed E-state index contributed by atoms with van der Waals surface area (Å²) in [6, 6.07) is 9.32. The lowest BCUT2D eigenvalue weighted by Gasteiger charge is -2.30. The van der Waals surface area contributed by atoms with Crippen molar-refractivity contribution in [1.82, 2.24) is 25.4 Å². The number of hydrogen-bond acceptors (Lipinski definition) is 4. The molecule has 1 saturated heterocycles. The molecule has 2 fully saturated rings. The highest BCUT2D eigenvalue weighted by Crippen LogP contribution is 2.29. The van der Waals surface area contributed by atoms with Crippen LogP contribution in [0, 0.1) is 5.92 Å². The molecule has 3 heterocycles. The molecule has 1 aliphatic carbocycles. The fourth-order valence-corrected chi connectivity index (χ4v) is 5.20. The molecule has 2 aliphatic rings. The van der Waals surface area contributed by atoms with Gasteiger partial charge in [0.1, 0.15) is 5.69 Å². The van der Waals surface area contributed by atoms with Crippen molar-refractivity contribution in [3.63, 3.8) is 0 Å². The molecule has 5 heteroatoms. The fraction of sp³-hybridized carbons (Fsp3) is 0.481. The zero-order valence-corrected chi connectivity index (χ0v) is 19.2. The standard InChI is InChI=1S/C27H35N5/c1-19-10-12-32(13-11-19)18-21-14-23(17-28-16-21)22-8-9-26-25(15-22)27(31-30-26)20(2)29-24-6-4-3-5-7-24/h8-9,14-17,19,24,29H,2-7,10-13,18H2,1H3,(H,30,31). The van der Waals surface area contributed by atoms with Gasteiger partial charge >= 0.3 is 0 Å². The first-order chi connectivity index (χ1) is 15.7. The molecule has 3 aromatic rings. The van der Waals surface area contributed by atoms with Crippen molar-refractivity contribution in [2.24, 2.45) is 5.92 Å². The molecule has 0 amide bonds. The lowest BCUT2D eigenvalue weighted by molar-refractivity contribution is 0.185. The molecule has 32 heavy (non-hydrogen) atoms. The summed E-state index contributed by atoms with van der Waals surface area (Å²) < 4.78 is 0. The molecule has 2 aromatic heterocycles. The Morgan fingerprint density at radius 1 is 1.06 bits per heavy atom. The maximum absolute atomic E-state index is 4.59. The maximum atomic E-state index is 4.59. The van der Waals surface area contributed by atoms with Crippen molar-refractivity contribution in [2.75, 3.05) is 13.1 Å². The molecule has 5 nitrogen and oxygen atoms in total. The normalized spacial score (nSPS) is 18.8. The van der Waals surface area contributed by atoms with E-state index in [-0.39, 0.29) is 0 Å². The maximum Gasteiger partial charge on any atom is 0.115 e. The zero-order valence-electron chi connectivity index (χ0n) is 19.2. The van der Waals surface area contributed by atoms with Crippen LogP contribution in [0.5, 0.6) is 0 Å². The Morgan fingerprint density at radius 3 is 2.69 bits per heavy atom. The van der Waals surface area contributed by atoms with Gasteiger partial charge in [-0.1, -0.05) is 38.8 Å². The van der Waals surface area contributed by atoms with E-state index in [1.165, 1.54) is 69.2 Å². The Balaban J connectivity index is 1.35. The van der Waals surface area contributed by atoms with E-state index in [4.69, 9.17) is 0 Å². The molecule has 0 radical (unpaired) electrons. The monoisotopic (exact) mass is 429 g/mol. The largest absolute Gasteiger partial charge is 0.381 e. The Morgan fingerprint density at radius 2 is 1.88 bits per heavy atom. The third-order valence-electron chi connectivity index (χ3n) is 7.24. The Hall–Kier alpha value is -2.66. The molecule has 0 bridgehead atoms. The predicted octanol–water partition coefficient (Wildman–Crippen LogP) is 5.75. The molecule has 1 aliphatic heterocycles. The van der Waals surface area contributed by atoms with Gasteiger partial charge in [0, 0.05) is 35.9 Å². The van der Waals surface area contributed by atoms with Crippen molar-refractivity contribution in [1.29, 1.82) is 0 Å². The van der Waals surface area contributed by atoms with Crippen LogP contribution in [0.4, 0.5) is 0 Å². The van der Waals surface area contributed by atoms with Crippen LogP contribution >= 0.6 is 0 Å². The summed E-state index contributed by atoms with van der Waals surface area (Å²) in [7, 11) is 0. The molecule has 2 N–H and O–H groups in total. The van der Waals surface area contributed by atoms with E-state index in [1.807, 2.05) is 12.4 Å². The Labute approximate surface area is 191 Å². The molecule has 168 valence electrons. The molecule has 1 saturated carbocycles. The number of aromatic nitrogens is 3. The number of H-pyrrole nitrogens is 1. The summed E-state index contributed by atoms with van der Waals surface area (Å²) in [4.78, 5) is 7.12. The Kier molecular flexibility index (Phi) is 6.26. The van der Waals surface area contributed by atoms with Crippen LogP contribution in [0.2, 0.25) is 0 Å². The molecular formula is C27H35N5. The van der Waals surface area contributed by atoms with Gasteiger partial charge in [0.25, 0.3) is 0 Å². The van der Waals surface area contributed by atoms with Crippen LogP contribution < -0.4 is 5.32 Å². The number of hydrogen-bond donors (Lipinski definition) is 2. The number of nitrogens with one attached hydrogen (secondary N) is 2. The van der Waals surface area contributed by atoms with Crippen molar-refractivity contribution in [2.45, 2.75) is 64.5 Å². The number of rotatable bonds is 6. The quantitative estimate of drug-likeness (QED) is 0.524. The average molecular weight is 430 g/mol. The smallest absolute Gasteiger partial charge is 0.115 e. The lowest BCUT2D eigenvalue weighted by Crippen LogP contribution is -2.32. The first kappa shape index (κ1) is 21.2. The first-order valence-corrected chi connectivity index (χ1v) is 12.3. The van der Waals surface area contributed by atoms with Crippen LogP contribution in [-0.4, -0.2) is 39.2 Å². The number of likely N-dealkylation sites (tertiary alicyclic amines) is 1. The van der Waals surface area contributed by atoms with Gasteiger partial charge in [0.05, 0.1) is 11.2 Å². The van der Waals surface area contributed by atoms with Crippen molar-refractivity contribution in [3.8, 4) is 11.1 Å². The highest BCUT2D eigenvalue weighted by Gasteiger charge is 2.18. The lowest BCUT2D eigenvalue weighted by atomic mass is 9.95. The zero-order chi connectivity index (χ0) is 21.9. The minimum Gasteiger partial charge on any atom is -0.381 e.